The van der Waals surface area contributed by atoms with Crippen LogP contribution >= 0.6 is 0 Å². The Balaban J connectivity index is 2.29. The van der Waals surface area contributed by atoms with Crippen molar-refractivity contribution in [3.05, 3.63) is 23.2 Å². The van der Waals surface area contributed by atoms with E-state index in [1.807, 2.05) is 13.0 Å². The van der Waals surface area contributed by atoms with E-state index in [-0.39, 0.29) is 6.54 Å². The maximum Gasteiger partial charge on any atom is 0.390 e. The molecule has 5 heteroatoms. The molecule has 1 heterocycles. The van der Waals surface area contributed by atoms with E-state index >= 15 is 0 Å². The Labute approximate surface area is 86.5 Å². The Hall–Kier alpha value is -0.970. The van der Waals surface area contributed by atoms with Crippen LogP contribution in [0.15, 0.2) is 10.5 Å². The lowest BCUT2D eigenvalue weighted by Gasteiger charge is -2.06. The third-order valence-electron chi connectivity index (χ3n) is 2.04. The molecule has 0 aromatic carbocycles. The quantitative estimate of drug-likeness (QED) is 0.791. The van der Waals surface area contributed by atoms with Gasteiger partial charge in [0.15, 0.2) is 0 Å². The summed E-state index contributed by atoms with van der Waals surface area (Å²) in [5.74, 6) is 1.53. The third kappa shape index (κ3) is 4.38. The van der Waals surface area contributed by atoms with Crippen molar-refractivity contribution in [2.24, 2.45) is 0 Å². The molecule has 0 spiro atoms. The van der Waals surface area contributed by atoms with E-state index in [4.69, 9.17) is 4.42 Å². The highest BCUT2D eigenvalue weighted by molar-refractivity contribution is 5.19. The van der Waals surface area contributed by atoms with E-state index < -0.39 is 12.6 Å². The second-order valence-corrected chi connectivity index (χ2v) is 3.48. The van der Waals surface area contributed by atoms with Crippen LogP contribution in [0.1, 0.15) is 23.5 Å². The molecule has 0 saturated carbocycles. The molecule has 0 bridgehead atoms. The van der Waals surface area contributed by atoms with Gasteiger partial charge < -0.3 is 9.73 Å². The van der Waals surface area contributed by atoms with E-state index in [0.29, 0.717) is 6.54 Å². The third-order valence-corrected chi connectivity index (χ3v) is 2.04. The fourth-order valence-corrected chi connectivity index (χ4v) is 1.31. The van der Waals surface area contributed by atoms with Crippen molar-refractivity contribution >= 4 is 0 Å². The lowest BCUT2D eigenvalue weighted by Crippen LogP contribution is -2.21. The molecule has 1 aromatic heterocycles. The van der Waals surface area contributed by atoms with Crippen LogP contribution in [-0.4, -0.2) is 12.7 Å². The fourth-order valence-electron chi connectivity index (χ4n) is 1.31. The zero-order chi connectivity index (χ0) is 11.5. The lowest BCUT2D eigenvalue weighted by molar-refractivity contribution is -0.133. The number of hydrogen-bond acceptors (Lipinski definition) is 2. The minimum atomic E-state index is -4.09. The van der Waals surface area contributed by atoms with Gasteiger partial charge in [0.2, 0.25) is 0 Å². The first-order valence-corrected chi connectivity index (χ1v) is 4.72. The van der Waals surface area contributed by atoms with Crippen LogP contribution in [0.3, 0.4) is 0 Å². The molecule has 0 saturated heterocycles. The van der Waals surface area contributed by atoms with Crippen molar-refractivity contribution in [1.82, 2.24) is 5.32 Å². The van der Waals surface area contributed by atoms with E-state index in [2.05, 4.69) is 5.32 Å². The van der Waals surface area contributed by atoms with Gasteiger partial charge in [-0.3, -0.25) is 0 Å². The second-order valence-electron chi connectivity index (χ2n) is 3.48. The molecule has 15 heavy (non-hydrogen) atoms. The van der Waals surface area contributed by atoms with Gasteiger partial charge in [0, 0.05) is 18.7 Å². The summed E-state index contributed by atoms with van der Waals surface area (Å²) in [6.45, 7) is 3.96. The number of aryl methyl sites for hydroxylation is 2. The molecule has 2 nitrogen and oxygen atoms in total. The highest BCUT2D eigenvalue weighted by atomic mass is 19.4. The number of nitrogens with one attached hydrogen (secondary N) is 1. The fraction of sp³-hybridized carbons (Fsp3) is 0.600. The molecule has 0 aliphatic rings. The normalized spacial score (nSPS) is 12.1. The SMILES string of the molecule is Cc1cc(CNCCC(F)(F)F)c(C)o1. The summed E-state index contributed by atoms with van der Waals surface area (Å²) >= 11 is 0. The Morgan fingerprint density at radius 3 is 2.47 bits per heavy atom. The maximum atomic E-state index is 11.8. The van der Waals surface area contributed by atoms with Crippen LogP contribution in [0.5, 0.6) is 0 Å². The van der Waals surface area contributed by atoms with Crippen molar-refractivity contribution in [3.63, 3.8) is 0 Å². The van der Waals surface area contributed by atoms with Crippen LogP contribution in [0, 0.1) is 13.8 Å². The molecule has 0 amide bonds. The summed E-state index contributed by atoms with van der Waals surface area (Å²) in [6, 6.07) is 1.83. The second kappa shape index (κ2) is 4.70. The molecule has 0 unspecified atom stereocenters. The van der Waals surface area contributed by atoms with Crippen molar-refractivity contribution < 1.29 is 17.6 Å². The molecular formula is C10H14F3NO. The Morgan fingerprint density at radius 2 is 2.00 bits per heavy atom. The van der Waals surface area contributed by atoms with Crippen LogP contribution in [0.2, 0.25) is 0 Å². The molecule has 0 atom stereocenters. The zero-order valence-electron chi connectivity index (χ0n) is 8.74. The molecule has 0 aliphatic carbocycles. The lowest BCUT2D eigenvalue weighted by atomic mass is 10.2. The Kier molecular flexibility index (Phi) is 3.79. The summed E-state index contributed by atoms with van der Waals surface area (Å²) in [6.07, 6.45) is -4.89. The molecule has 0 aliphatic heterocycles. The summed E-state index contributed by atoms with van der Waals surface area (Å²) in [5, 5.41) is 2.73. The van der Waals surface area contributed by atoms with Crippen molar-refractivity contribution in [2.45, 2.75) is 33.0 Å². The van der Waals surface area contributed by atoms with E-state index in [9.17, 15) is 13.2 Å². The van der Waals surface area contributed by atoms with Gasteiger partial charge in [-0.25, -0.2) is 0 Å². The highest BCUT2D eigenvalue weighted by Gasteiger charge is 2.25. The first-order chi connectivity index (χ1) is 6.88. The van der Waals surface area contributed by atoms with Gasteiger partial charge in [-0.2, -0.15) is 13.2 Å². The minimum absolute atomic E-state index is 0.0623. The number of hydrogen-bond donors (Lipinski definition) is 1. The monoisotopic (exact) mass is 221 g/mol. The molecule has 1 N–H and O–H groups in total. The maximum absolute atomic E-state index is 11.8. The van der Waals surface area contributed by atoms with Gasteiger partial charge in [0.25, 0.3) is 0 Å². The number of alkyl halides is 3. The summed E-state index contributed by atoms with van der Waals surface area (Å²) in [5.41, 5.74) is 0.912. The zero-order valence-corrected chi connectivity index (χ0v) is 8.74. The van der Waals surface area contributed by atoms with E-state index in [1.165, 1.54) is 0 Å². The molecule has 0 fully saturated rings. The standard InChI is InChI=1S/C10H14F3NO/c1-7-5-9(8(2)15-7)6-14-4-3-10(11,12)13/h5,14H,3-4,6H2,1-2H3. The van der Waals surface area contributed by atoms with Gasteiger partial charge in [0.1, 0.15) is 11.5 Å². The topological polar surface area (TPSA) is 25.2 Å². The van der Waals surface area contributed by atoms with Crippen molar-refractivity contribution in [3.8, 4) is 0 Å². The smallest absolute Gasteiger partial charge is 0.390 e. The molecule has 1 aromatic rings. The molecule has 0 radical (unpaired) electrons. The highest BCUT2D eigenvalue weighted by Crippen LogP contribution is 2.18. The summed E-state index contributed by atoms with van der Waals surface area (Å²) in [4.78, 5) is 0. The van der Waals surface area contributed by atoms with Crippen LogP contribution in [-0.2, 0) is 6.54 Å². The van der Waals surface area contributed by atoms with Crippen LogP contribution in [0.4, 0.5) is 13.2 Å². The van der Waals surface area contributed by atoms with Gasteiger partial charge in [-0.15, -0.1) is 0 Å². The number of furan rings is 1. The number of rotatable bonds is 4. The predicted molar refractivity (Wildman–Crippen MR) is 50.6 cm³/mol. The first kappa shape index (κ1) is 12.1. The van der Waals surface area contributed by atoms with Crippen LogP contribution < -0.4 is 5.32 Å². The van der Waals surface area contributed by atoms with Gasteiger partial charge >= 0.3 is 6.18 Å². The summed E-state index contributed by atoms with van der Waals surface area (Å²) < 4.78 is 40.7. The first-order valence-electron chi connectivity index (χ1n) is 4.72. The van der Waals surface area contributed by atoms with Gasteiger partial charge in [-0.1, -0.05) is 0 Å². The van der Waals surface area contributed by atoms with Gasteiger partial charge in [-0.05, 0) is 19.9 Å². The predicted octanol–water partition coefficient (Wildman–Crippen LogP) is 2.94. The average molecular weight is 221 g/mol. The molecule has 86 valence electrons. The van der Waals surface area contributed by atoms with Crippen molar-refractivity contribution in [2.75, 3.05) is 6.54 Å². The largest absolute Gasteiger partial charge is 0.466 e. The molecule has 1 rings (SSSR count). The van der Waals surface area contributed by atoms with Gasteiger partial charge in [0.05, 0.1) is 6.42 Å². The number of halogens is 3. The summed E-state index contributed by atoms with van der Waals surface area (Å²) in [7, 11) is 0. The minimum Gasteiger partial charge on any atom is -0.466 e. The van der Waals surface area contributed by atoms with Crippen LogP contribution in [0.25, 0.3) is 0 Å². The Bertz CT molecular complexity index is 317. The molecular weight excluding hydrogens is 207 g/mol. The average Bonchev–Trinajstić information content (AvgIpc) is 2.37. The Morgan fingerprint density at radius 1 is 1.33 bits per heavy atom. The van der Waals surface area contributed by atoms with E-state index in [1.54, 1.807) is 6.92 Å². The van der Waals surface area contributed by atoms with E-state index in [0.717, 1.165) is 17.1 Å². The van der Waals surface area contributed by atoms with Crippen molar-refractivity contribution in [1.29, 1.82) is 0 Å².